The van der Waals surface area contributed by atoms with E-state index in [1.54, 1.807) is 0 Å². The molecule has 2 aliphatic rings. The highest BCUT2D eigenvalue weighted by Gasteiger charge is 2.40. The summed E-state index contributed by atoms with van der Waals surface area (Å²) in [6.07, 6.45) is 6.12. The van der Waals surface area contributed by atoms with E-state index >= 15 is 0 Å². The third kappa shape index (κ3) is 3.55. The van der Waals surface area contributed by atoms with Crippen molar-refractivity contribution in [2.24, 2.45) is 17.1 Å². The van der Waals surface area contributed by atoms with Gasteiger partial charge in [0.25, 0.3) is 0 Å². The van der Waals surface area contributed by atoms with Crippen molar-refractivity contribution in [1.29, 1.82) is 0 Å². The Bertz CT molecular complexity index is 325. The standard InChI is InChI=1S/C17H34N2O/c1-16(2,3)13-7-8-14(18)15(11-13)19-10-6-9-17(4,12-19)20-5/h13-15H,6-12,18H2,1-5H3. The quantitative estimate of drug-likeness (QED) is 0.846. The highest BCUT2D eigenvalue weighted by molar-refractivity contribution is 4.96. The molecule has 118 valence electrons. The van der Waals surface area contributed by atoms with Gasteiger partial charge < -0.3 is 10.5 Å². The van der Waals surface area contributed by atoms with Crippen molar-refractivity contribution >= 4 is 0 Å². The van der Waals surface area contributed by atoms with Crippen LogP contribution in [0.1, 0.15) is 59.8 Å². The van der Waals surface area contributed by atoms with Gasteiger partial charge in [0.15, 0.2) is 0 Å². The maximum Gasteiger partial charge on any atom is 0.0777 e. The zero-order chi connectivity index (χ0) is 15.0. The number of nitrogens with zero attached hydrogens (tertiary/aromatic N) is 1. The molecule has 0 bridgehead atoms. The van der Waals surface area contributed by atoms with Crippen LogP contribution >= 0.6 is 0 Å². The third-order valence-corrected chi connectivity index (χ3v) is 5.74. The van der Waals surface area contributed by atoms with Gasteiger partial charge in [-0.25, -0.2) is 0 Å². The number of nitrogens with two attached hydrogens (primary N) is 1. The molecule has 0 aromatic heterocycles. The molecule has 2 fully saturated rings. The molecular weight excluding hydrogens is 248 g/mol. The first kappa shape index (κ1) is 16.3. The van der Waals surface area contributed by atoms with Gasteiger partial charge in [0, 0.05) is 25.7 Å². The lowest BCUT2D eigenvalue weighted by Crippen LogP contribution is -2.58. The fourth-order valence-electron chi connectivity index (χ4n) is 4.07. The van der Waals surface area contributed by atoms with Crippen molar-refractivity contribution in [3.05, 3.63) is 0 Å². The molecule has 0 amide bonds. The van der Waals surface area contributed by atoms with E-state index in [1.807, 2.05) is 7.11 Å². The van der Waals surface area contributed by atoms with E-state index in [9.17, 15) is 0 Å². The maximum atomic E-state index is 6.46. The minimum Gasteiger partial charge on any atom is -0.377 e. The summed E-state index contributed by atoms with van der Waals surface area (Å²) in [4.78, 5) is 2.62. The van der Waals surface area contributed by atoms with Crippen LogP contribution in [0.25, 0.3) is 0 Å². The Kier molecular flexibility index (Phi) is 4.83. The molecule has 0 aromatic carbocycles. The largest absolute Gasteiger partial charge is 0.377 e. The molecule has 1 aliphatic heterocycles. The highest BCUT2D eigenvalue weighted by atomic mass is 16.5. The van der Waals surface area contributed by atoms with Crippen LogP contribution in [-0.4, -0.2) is 42.8 Å². The van der Waals surface area contributed by atoms with Crippen LogP contribution in [0, 0.1) is 11.3 Å². The molecule has 1 saturated heterocycles. The summed E-state index contributed by atoms with van der Waals surface area (Å²) in [5.74, 6) is 0.794. The normalized spacial score (nSPS) is 40.8. The number of rotatable bonds is 2. The number of methoxy groups -OCH3 is 1. The van der Waals surface area contributed by atoms with Crippen LogP contribution in [0.2, 0.25) is 0 Å². The van der Waals surface area contributed by atoms with Gasteiger partial charge in [0.2, 0.25) is 0 Å². The molecular formula is C17H34N2O. The van der Waals surface area contributed by atoms with Crippen LogP contribution in [0.5, 0.6) is 0 Å². The number of piperidine rings is 1. The summed E-state index contributed by atoms with van der Waals surface area (Å²) < 4.78 is 5.75. The van der Waals surface area contributed by atoms with Crippen LogP contribution in [0.3, 0.4) is 0 Å². The molecule has 3 heteroatoms. The van der Waals surface area contributed by atoms with Crippen molar-refractivity contribution in [3.8, 4) is 0 Å². The Balaban J connectivity index is 2.05. The second-order valence-corrected chi connectivity index (χ2v) is 8.34. The Morgan fingerprint density at radius 1 is 1.25 bits per heavy atom. The molecule has 4 unspecified atom stereocenters. The molecule has 2 N–H and O–H groups in total. The zero-order valence-corrected chi connectivity index (χ0v) is 14.1. The molecule has 0 radical (unpaired) electrons. The first-order chi connectivity index (χ1) is 9.25. The molecule has 1 aliphatic carbocycles. The molecule has 1 heterocycles. The minimum absolute atomic E-state index is 0.0205. The smallest absolute Gasteiger partial charge is 0.0777 e. The van der Waals surface area contributed by atoms with E-state index < -0.39 is 0 Å². The van der Waals surface area contributed by atoms with E-state index in [2.05, 4.69) is 32.6 Å². The second-order valence-electron chi connectivity index (χ2n) is 8.34. The summed E-state index contributed by atoms with van der Waals surface area (Å²) >= 11 is 0. The van der Waals surface area contributed by atoms with Gasteiger partial charge in [-0.2, -0.15) is 0 Å². The van der Waals surface area contributed by atoms with Gasteiger partial charge in [0.05, 0.1) is 5.60 Å². The third-order valence-electron chi connectivity index (χ3n) is 5.74. The first-order valence-electron chi connectivity index (χ1n) is 8.30. The average Bonchev–Trinajstić information content (AvgIpc) is 2.38. The SMILES string of the molecule is COC1(C)CCCN(C2CC(C(C)(C)C)CCC2N)C1. The Morgan fingerprint density at radius 3 is 2.55 bits per heavy atom. The van der Waals surface area contributed by atoms with Gasteiger partial charge in [-0.1, -0.05) is 20.8 Å². The van der Waals surface area contributed by atoms with Crippen LogP contribution < -0.4 is 5.73 Å². The van der Waals surface area contributed by atoms with Crippen LogP contribution in [0.4, 0.5) is 0 Å². The second kappa shape index (κ2) is 5.94. The van der Waals surface area contributed by atoms with Gasteiger partial charge in [-0.15, -0.1) is 0 Å². The summed E-state index contributed by atoms with van der Waals surface area (Å²) in [6, 6.07) is 0.885. The Hall–Kier alpha value is -0.120. The summed E-state index contributed by atoms with van der Waals surface area (Å²) in [5.41, 5.74) is 6.88. The molecule has 0 spiro atoms. The van der Waals surface area contributed by atoms with Gasteiger partial charge in [-0.05, 0) is 56.9 Å². The number of hydrogen-bond acceptors (Lipinski definition) is 3. The fourth-order valence-corrected chi connectivity index (χ4v) is 4.07. The lowest BCUT2D eigenvalue weighted by Gasteiger charge is -2.49. The van der Waals surface area contributed by atoms with E-state index in [4.69, 9.17) is 10.5 Å². The molecule has 20 heavy (non-hydrogen) atoms. The van der Waals surface area contributed by atoms with E-state index in [-0.39, 0.29) is 5.60 Å². The van der Waals surface area contributed by atoms with Crippen LogP contribution in [0.15, 0.2) is 0 Å². The van der Waals surface area contributed by atoms with Gasteiger partial charge in [-0.3, -0.25) is 4.90 Å². The van der Waals surface area contributed by atoms with Crippen LogP contribution in [-0.2, 0) is 4.74 Å². The maximum absolute atomic E-state index is 6.46. The fraction of sp³-hybridized carbons (Fsp3) is 1.00. The molecule has 2 rings (SSSR count). The molecule has 4 atom stereocenters. The Morgan fingerprint density at radius 2 is 1.95 bits per heavy atom. The first-order valence-corrected chi connectivity index (χ1v) is 8.30. The number of likely N-dealkylation sites (tertiary alicyclic amines) is 1. The summed E-state index contributed by atoms with van der Waals surface area (Å²) in [5, 5.41) is 0. The van der Waals surface area contributed by atoms with E-state index in [1.165, 1.54) is 38.6 Å². The van der Waals surface area contributed by atoms with Crippen molar-refractivity contribution in [3.63, 3.8) is 0 Å². The van der Waals surface area contributed by atoms with Crippen molar-refractivity contribution < 1.29 is 4.74 Å². The molecule has 3 nitrogen and oxygen atoms in total. The zero-order valence-electron chi connectivity index (χ0n) is 14.1. The monoisotopic (exact) mass is 282 g/mol. The number of ether oxygens (including phenoxy) is 1. The minimum atomic E-state index is 0.0205. The average molecular weight is 282 g/mol. The summed E-state index contributed by atoms with van der Waals surface area (Å²) in [7, 11) is 1.85. The predicted molar refractivity (Wildman–Crippen MR) is 84.8 cm³/mol. The van der Waals surface area contributed by atoms with Gasteiger partial charge >= 0.3 is 0 Å². The molecule has 0 aromatic rings. The lowest BCUT2D eigenvalue weighted by atomic mass is 9.69. The lowest BCUT2D eigenvalue weighted by molar-refractivity contribution is -0.0720. The summed E-state index contributed by atoms with van der Waals surface area (Å²) in [6.45, 7) is 11.6. The van der Waals surface area contributed by atoms with E-state index in [0.717, 1.165) is 12.5 Å². The molecule has 1 saturated carbocycles. The van der Waals surface area contributed by atoms with E-state index in [0.29, 0.717) is 17.5 Å². The topological polar surface area (TPSA) is 38.5 Å². The van der Waals surface area contributed by atoms with Crippen molar-refractivity contribution in [2.45, 2.75) is 77.5 Å². The van der Waals surface area contributed by atoms with Crippen molar-refractivity contribution in [2.75, 3.05) is 20.2 Å². The Labute approximate surface area is 125 Å². The van der Waals surface area contributed by atoms with Gasteiger partial charge in [0.1, 0.15) is 0 Å². The number of hydrogen-bond donors (Lipinski definition) is 1. The van der Waals surface area contributed by atoms with Crippen molar-refractivity contribution in [1.82, 2.24) is 4.90 Å². The highest BCUT2D eigenvalue weighted by Crippen LogP contribution is 2.40. The predicted octanol–water partition coefficient (Wildman–Crippen LogP) is 3.03.